The second-order valence-electron chi connectivity index (χ2n) is 7.05. The van der Waals surface area contributed by atoms with Crippen molar-refractivity contribution in [3.05, 3.63) is 11.6 Å². The standard InChI is InChI=1S/C18H32O5/c1-5-10(3)12-7-13(11(4)6-2)14(8-12)15(19)9-16(20)17(21)18(22)23/h8,10-13,15-17,19-21H,5-7,9H2,1-4H3,(H,22,23)/t10-,11-,12+,13+,15-,16+,17+/m1/s1. The van der Waals surface area contributed by atoms with Crippen molar-refractivity contribution >= 4 is 5.97 Å². The molecule has 0 aromatic rings. The summed E-state index contributed by atoms with van der Waals surface area (Å²) < 4.78 is 0. The number of aliphatic carboxylic acids is 1. The Hall–Kier alpha value is -0.910. The molecule has 1 aliphatic rings. The van der Waals surface area contributed by atoms with Gasteiger partial charge in [-0.3, -0.25) is 0 Å². The molecule has 0 radical (unpaired) electrons. The van der Waals surface area contributed by atoms with Gasteiger partial charge in [0.15, 0.2) is 6.10 Å². The Morgan fingerprint density at radius 3 is 2.22 bits per heavy atom. The molecule has 0 aromatic heterocycles. The minimum absolute atomic E-state index is 0.153. The molecule has 7 atom stereocenters. The Balaban J connectivity index is 2.87. The van der Waals surface area contributed by atoms with E-state index in [2.05, 4.69) is 33.8 Å². The molecule has 5 nitrogen and oxygen atoms in total. The summed E-state index contributed by atoms with van der Waals surface area (Å²) in [7, 11) is 0. The van der Waals surface area contributed by atoms with Crippen LogP contribution in [0.3, 0.4) is 0 Å². The highest BCUT2D eigenvalue weighted by molar-refractivity contribution is 5.72. The molecule has 0 bridgehead atoms. The van der Waals surface area contributed by atoms with Gasteiger partial charge >= 0.3 is 5.97 Å². The van der Waals surface area contributed by atoms with Crippen molar-refractivity contribution < 1.29 is 25.2 Å². The van der Waals surface area contributed by atoms with E-state index in [1.165, 1.54) is 0 Å². The highest BCUT2D eigenvalue weighted by atomic mass is 16.4. The molecule has 0 unspecified atom stereocenters. The van der Waals surface area contributed by atoms with Crippen LogP contribution in [0, 0.1) is 23.7 Å². The zero-order valence-corrected chi connectivity index (χ0v) is 14.6. The summed E-state index contributed by atoms with van der Waals surface area (Å²) in [5, 5.41) is 38.5. The van der Waals surface area contributed by atoms with Crippen molar-refractivity contribution in [2.75, 3.05) is 0 Å². The number of carboxylic acid groups (broad SMARTS) is 1. The van der Waals surface area contributed by atoms with E-state index in [0.29, 0.717) is 17.8 Å². The summed E-state index contributed by atoms with van der Waals surface area (Å²) in [5.74, 6) is 0.140. The molecular weight excluding hydrogens is 296 g/mol. The van der Waals surface area contributed by atoms with Crippen LogP contribution in [0.15, 0.2) is 11.6 Å². The van der Waals surface area contributed by atoms with Gasteiger partial charge < -0.3 is 20.4 Å². The molecule has 5 heteroatoms. The van der Waals surface area contributed by atoms with Gasteiger partial charge in [0, 0.05) is 6.42 Å². The van der Waals surface area contributed by atoms with Crippen molar-refractivity contribution in [1.82, 2.24) is 0 Å². The second-order valence-corrected chi connectivity index (χ2v) is 7.05. The molecule has 1 aliphatic carbocycles. The molecule has 23 heavy (non-hydrogen) atoms. The lowest BCUT2D eigenvalue weighted by Crippen LogP contribution is -2.37. The third-order valence-corrected chi connectivity index (χ3v) is 5.53. The molecule has 134 valence electrons. The quantitative estimate of drug-likeness (QED) is 0.486. The fourth-order valence-electron chi connectivity index (χ4n) is 3.43. The third-order valence-electron chi connectivity index (χ3n) is 5.53. The van der Waals surface area contributed by atoms with E-state index < -0.39 is 24.3 Å². The van der Waals surface area contributed by atoms with E-state index in [0.717, 1.165) is 24.8 Å². The van der Waals surface area contributed by atoms with Crippen LogP contribution in [0.25, 0.3) is 0 Å². The number of aliphatic hydroxyl groups is 3. The lowest BCUT2D eigenvalue weighted by molar-refractivity contribution is -0.153. The maximum absolute atomic E-state index is 10.7. The molecule has 0 fully saturated rings. The lowest BCUT2D eigenvalue weighted by atomic mass is 9.81. The van der Waals surface area contributed by atoms with E-state index in [1.54, 1.807) is 0 Å². The van der Waals surface area contributed by atoms with Crippen LogP contribution in [0.2, 0.25) is 0 Å². The van der Waals surface area contributed by atoms with Crippen LogP contribution >= 0.6 is 0 Å². The summed E-state index contributed by atoms with van der Waals surface area (Å²) in [6.07, 6.45) is 0.790. The number of allylic oxidation sites excluding steroid dienone is 1. The van der Waals surface area contributed by atoms with Crippen molar-refractivity contribution in [2.24, 2.45) is 23.7 Å². The molecule has 0 saturated heterocycles. The number of aliphatic hydroxyl groups excluding tert-OH is 3. The first-order chi connectivity index (χ1) is 10.7. The number of carboxylic acids is 1. The molecule has 0 saturated carbocycles. The molecule has 0 heterocycles. The lowest BCUT2D eigenvalue weighted by Gasteiger charge is -2.27. The van der Waals surface area contributed by atoms with Gasteiger partial charge in [-0.05, 0) is 35.7 Å². The Bertz CT molecular complexity index is 420. The zero-order chi connectivity index (χ0) is 17.7. The van der Waals surface area contributed by atoms with Gasteiger partial charge in [-0.25, -0.2) is 4.79 Å². The van der Waals surface area contributed by atoms with E-state index >= 15 is 0 Å². The molecular formula is C18H32O5. The van der Waals surface area contributed by atoms with Crippen LogP contribution < -0.4 is 0 Å². The molecule has 0 spiro atoms. The van der Waals surface area contributed by atoms with Crippen LogP contribution in [-0.2, 0) is 4.79 Å². The Labute approximate surface area is 139 Å². The first kappa shape index (κ1) is 20.1. The molecule has 0 amide bonds. The monoisotopic (exact) mass is 328 g/mol. The van der Waals surface area contributed by atoms with Gasteiger partial charge in [-0.2, -0.15) is 0 Å². The number of rotatable bonds is 9. The topological polar surface area (TPSA) is 98.0 Å². The Kier molecular flexibility index (Phi) is 7.71. The maximum atomic E-state index is 10.7. The molecule has 0 aromatic carbocycles. The largest absolute Gasteiger partial charge is 0.479 e. The fourth-order valence-corrected chi connectivity index (χ4v) is 3.43. The normalized spacial score (nSPS) is 27.9. The van der Waals surface area contributed by atoms with E-state index in [9.17, 15) is 20.1 Å². The number of hydrogen-bond acceptors (Lipinski definition) is 4. The molecule has 4 N–H and O–H groups in total. The molecule has 0 aliphatic heterocycles. The Morgan fingerprint density at radius 2 is 1.74 bits per heavy atom. The van der Waals surface area contributed by atoms with Crippen molar-refractivity contribution in [3.8, 4) is 0 Å². The molecule has 1 rings (SSSR count). The van der Waals surface area contributed by atoms with Gasteiger partial charge in [-0.15, -0.1) is 0 Å². The summed E-state index contributed by atoms with van der Waals surface area (Å²) in [4.78, 5) is 10.7. The highest BCUT2D eigenvalue weighted by Crippen LogP contribution is 2.42. The van der Waals surface area contributed by atoms with Crippen LogP contribution in [0.5, 0.6) is 0 Å². The van der Waals surface area contributed by atoms with Gasteiger partial charge in [0.1, 0.15) is 0 Å². The van der Waals surface area contributed by atoms with E-state index in [1.807, 2.05) is 0 Å². The summed E-state index contributed by atoms with van der Waals surface area (Å²) in [6.45, 7) is 8.63. The second kappa shape index (κ2) is 8.81. The summed E-state index contributed by atoms with van der Waals surface area (Å²) >= 11 is 0. The summed E-state index contributed by atoms with van der Waals surface area (Å²) in [5.41, 5.74) is 0.904. The number of hydrogen-bond donors (Lipinski definition) is 4. The first-order valence-electron chi connectivity index (χ1n) is 8.71. The minimum atomic E-state index is -1.86. The van der Waals surface area contributed by atoms with E-state index in [-0.39, 0.29) is 12.3 Å². The van der Waals surface area contributed by atoms with Crippen molar-refractivity contribution in [1.29, 1.82) is 0 Å². The SMILES string of the molecule is CC[C@@H](C)[C@@H]1C=C([C@H](O)C[C@H](O)[C@H](O)C(=O)O)[C@H]([C@H](C)CC)C1. The maximum Gasteiger partial charge on any atom is 0.335 e. The highest BCUT2D eigenvalue weighted by Gasteiger charge is 2.36. The van der Waals surface area contributed by atoms with Gasteiger partial charge in [0.05, 0.1) is 12.2 Å². The Morgan fingerprint density at radius 1 is 1.17 bits per heavy atom. The van der Waals surface area contributed by atoms with Crippen molar-refractivity contribution in [2.45, 2.75) is 71.7 Å². The third kappa shape index (κ3) is 5.03. The van der Waals surface area contributed by atoms with Gasteiger partial charge in [-0.1, -0.05) is 46.6 Å². The first-order valence-corrected chi connectivity index (χ1v) is 8.71. The van der Waals surface area contributed by atoms with Gasteiger partial charge in [0.25, 0.3) is 0 Å². The minimum Gasteiger partial charge on any atom is -0.479 e. The predicted octanol–water partition coefficient (Wildman–Crippen LogP) is 2.20. The fraction of sp³-hybridized carbons (Fsp3) is 0.833. The van der Waals surface area contributed by atoms with E-state index in [4.69, 9.17) is 5.11 Å². The average Bonchev–Trinajstić information content (AvgIpc) is 2.97. The van der Waals surface area contributed by atoms with Crippen LogP contribution in [0.1, 0.15) is 53.4 Å². The zero-order valence-electron chi connectivity index (χ0n) is 14.6. The van der Waals surface area contributed by atoms with Gasteiger partial charge in [0.2, 0.25) is 0 Å². The summed E-state index contributed by atoms with van der Waals surface area (Å²) in [6, 6.07) is 0. The smallest absolute Gasteiger partial charge is 0.335 e. The average molecular weight is 328 g/mol. The van der Waals surface area contributed by atoms with Crippen molar-refractivity contribution in [3.63, 3.8) is 0 Å². The van der Waals surface area contributed by atoms with Crippen LogP contribution in [-0.4, -0.2) is 44.7 Å². The van der Waals surface area contributed by atoms with Crippen LogP contribution in [0.4, 0.5) is 0 Å². The number of carbonyl (C=O) groups is 1. The predicted molar refractivity (Wildman–Crippen MR) is 88.9 cm³/mol.